The summed E-state index contributed by atoms with van der Waals surface area (Å²) < 4.78 is 0. The second-order valence-corrected chi connectivity index (χ2v) is 18.1. The fourth-order valence-corrected chi connectivity index (χ4v) is 8.91. The van der Waals surface area contributed by atoms with Crippen molar-refractivity contribution in [1.82, 2.24) is 10.2 Å². The average molecular weight is 823 g/mol. The Hall–Kier alpha value is -3.67. The smallest absolute Gasteiger partial charge is 0.140 e. The van der Waals surface area contributed by atoms with Crippen LogP contribution in [0.1, 0.15) is 151 Å². The van der Waals surface area contributed by atoms with E-state index in [1.54, 1.807) is 12.8 Å². The topological polar surface area (TPSA) is 73.9 Å². The Morgan fingerprint density at radius 2 is 1.40 bits per heavy atom. The van der Waals surface area contributed by atoms with E-state index in [0.29, 0.717) is 16.7 Å². The number of nitrogens with zero attached hydrogens (tertiary/aromatic N) is 2. The lowest BCUT2D eigenvalue weighted by atomic mass is 9.40. The van der Waals surface area contributed by atoms with Crippen molar-refractivity contribution in [2.45, 2.75) is 140 Å². The molecule has 0 aromatic heterocycles. The maximum atomic E-state index is 9.28. The van der Waals surface area contributed by atoms with Crippen LogP contribution in [0, 0.1) is 40.4 Å². The number of rotatable bonds is 8. The first-order chi connectivity index (χ1) is 28.8. The number of allylic oxidation sites excluding steroid dienone is 3. The minimum atomic E-state index is 0.277. The Kier molecular flexibility index (Phi) is 26.1. The van der Waals surface area contributed by atoms with Gasteiger partial charge in [-0.15, -0.1) is 19.7 Å². The largest absolute Gasteiger partial charge is 0.396 e. The minimum absolute atomic E-state index is 0.277. The summed E-state index contributed by atoms with van der Waals surface area (Å²) in [5.41, 5.74) is 11.6. The molecule has 0 spiro atoms. The van der Waals surface area contributed by atoms with Gasteiger partial charge in [-0.05, 0) is 122 Å². The molecule has 60 heavy (non-hydrogen) atoms. The number of nitrogens with one attached hydrogen (secondary N) is 1. The summed E-state index contributed by atoms with van der Waals surface area (Å²) in [6.07, 6.45) is 17.4. The van der Waals surface area contributed by atoms with Crippen LogP contribution in [0.4, 0.5) is 0 Å². The quantitative estimate of drug-likeness (QED) is 0.232. The van der Waals surface area contributed by atoms with Gasteiger partial charge in [0.2, 0.25) is 0 Å². The molecule has 5 aliphatic rings. The molecule has 0 radical (unpaired) electrons. The molecular formula is C55H90N4O. The normalized spacial score (nSPS) is 24.1. The maximum Gasteiger partial charge on any atom is 0.140 e. The van der Waals surface area contributed by atoms with Gasteiger partial charge < -0.3 is 21.1 Å². The van der Waals surface area contributed by atoms with Crippen molar-refractivity contribution in [1.29, 1.82) is 0 Å². The van der Waals surface area contributed by atoms with Crippen LogP contribution in [0.15, 0.2) is 116 Å². The molecule has 0 amide bonds. The van der Waals surface area contributed by atoms with E-state index in [2.05, 4.69) is 127 Å². The molecule has 336 valence electrons. The first-order valence-electron chi connectivity index (χ1n) is 23.6. The summed E-state index contributed by atoms with van der Waals surface area (Å²) in [6.45, 7) is 40.4. The van der Waals surface area contributed by atoms with E-state index in [1.165, 1.54) is 43.9 Å². The van der Waals surface area contributed by atoms with E-state index in [-0.39, 0.29) is 6.61 Å². The SMILES string of the molecule is C=C.C=C(C)/C(=C1\N=C(N2CCC(CCO)CC2)C=C(c2ccccc2)N1)c1ccccc1.C=CCC1(C)CC2CC3CC(C1)C32.CC.CC.CC(C)(C)CN.CCCC. The lowest BCUT2D eigenvalue weighted by Gasteiger charge is -2.65. The van der Waals surface area contributed by atoms with Crippen molar-refractivity contribution in [3.8, 4) is 0 Å². The van der Waals surface area contributed by atoms with Gasteiger partial charge in [0, 0.05) is 31.3 Å². The summed E-state index contributed by atoms with van der Waals surface area (Å²) in [6, 6.07) is 20.7. The van der Waals surface area contributed by atoms with Gasteiger partial charge in [0.15, 0.2) is 0 Å². The summed E-state index contributed by atoms with van der Waals surface area (Å²) >= 11 is 0. The Balaban J connectivity index is 0.000000507. The Morgan fingerprint density at radius 3 is 1.82 bits per heavy atom. The van der Waals surface area contributed by atoms with E-state index in [0.717, 1.165) is 90.4 Å². The summed E-state index contributed by atoms with van der Waals surface area (Å²) in [7, 11) is 0. The first-order valence-corrected chi connectivity index (χ1v) is 23.6. The van der Waals surface area contributed by atoms with Crippen LogP contribution in [0.2, 0.25) is 0 Å². The Labute approximate surface area is 370 Å². The number of piperidine rings is 1. The van der Waals surface area contributed by atoms with Crippen LogP contribution in [0.25, 0.3) is 11.3 Å². The third kappa shape index (κ3) is 17.0. The van der Waals surface area contributed by atoms with Crippen LogP contribution in [-0.2, 0) is 0 Å². The molecule has 3 aliphatic carbocycles. The molecule has 2 unspecified atom stereocenters. The van der Waals surface area contributed by atoms with Crippen molar-refractivity contribution in [3.63, 3.8) is 0 Å². The van der Waals surface area contributed by atoms with Crippen molar-refractivity contribution in [3.05, 3.63) is 122 Å². The summed E-state index contributed by atoms with van der Waals surface area (Å²) in [4.78, 5) is 7.45. The molecule has 5 nitrogen and oxygen atoms in total. The number of likely N-dealkylation sites (tertiary alicyclic amines) is 1. The number of unbranched alkanes of at least 4 members (excludes halogenated alkanes) is 1. The van der Waals surface area contributed by atoms with E-state index in [4.69, 9.17) is 10.7 Å². The van der Waals surface area contributed by atoms with Crippen LogP contribution in [0.3, 0.4) is 0 Å². The van der Waals surface area contributed by atoms with E-state index in [9.17, 15) is 5.11 Å². The molecule has 2 atom stereocenters. The fourth-order valence-electron chi connectivity index (χ4n) is 8.91. The molecular weight excluding hydrogens is 733 g/mol. The zero-order valence-electron chi connectivity index (χ0n) is 40.5. The lowest BCUT2D eigenvalue weighted by Crippen LogP contribution is -2.57. The van der Waals surface area contributed by atoms with Crippen LogP contribution < -0.4 is 11.1 Å². The number of aliphatic hydroxyl groups excluding tert-OH is 1. The number of benzene rings is 2. The van der Waals surface area contributed by atoms with Crippen molar-refractivity contribution in [2.24, 2.45) is 51.1 Å². The predicted octanol–water partition coefficient (Wildman–Crippen LogP) is 14.4. The Morgan fingerprint density at radius 1 is 0.900 bits per heavy atom. The number of hydrogen-bond acceptors (Lipinski definition) is 5. The number of aliphatic imine (C=N–C) groups is 1. The standard InChI is InChI=1S/C27H31N3O.C13H20.C5H13N.C4H10.2C2H6.C2H4/c1-20(2)26(23-11-7-4-8-12-23)27-28-24(22-9-5-3-6-10-22)19-25(29-27)30-16-13-21(14-17-30)15-18-31;1-3-4-13(2)7-10-5-9-6-11(8-13)12(9)10;1-5(2,3)4-6;1-3-4-2;3*1-2/h3-12,19,21,28,31H,1,13-18H2,2H3;3,9-12H,1,4-8H2,2H3;4,6H2,1-3H3;3-4H2,1-2H3;2*1-2H3;1-2H2/b27-26+;;;;;;. The summed E-state index contributed by atoms with van der Waals surface area (Å²) in [5.74, 6) is 7.01. The molecule has 4 N–H and O–H groups in total. The molecule has 0 bridgehead atoms. The second kappa shape index (κ2) is 28.8. The molecule has 4 fully saturated rings. The summed E-state index contributed by atoms with van der Waals surface area (Å²) in [5, 5.41) is 12.9. The molecule has 3 saturated carbocycles. The van der Waals surface area contributed by atoms with Crippen molar-refractivity contribution >= 4 is 17.1 Å². The van der Waals surface area contributed by atoms with E-state index in [1.807, 2.05) is 58.9 Å². The van der Waals surface area contributed by atoms with Crippen LogP contribution in [-0.4, -0.2) is 42.1 Å². The van der Waals surface area contributed by atoms with E-state index >= 15 is 0 Å². The van der Waals surface area contributed by atoms with Gasteiger partial charge in [-0.25, -0.2) is 4.99 Å². The van der Waals surface area contributed by atoms with Gasteiger partial charge in [-0.1, -0.05) is 155 Å². The van der Waals surface area contributed by atoms with Crippen LogP contribution >= 0.6 is 0 Å². The highest BCUT2D eigenvalue weighted by atomic mass is 16.3. The van der Waals surface area contributed by atoms with E-state index < -0.39 is 0 Å². The highest BCUT2D eigenvalue weighted by molar-refractivity contribution is 6.02. The third-order valence-electron chi connectivity index (χ3n) is 12.1. The number of aliphatic hydroxyl groups is 1. The molecule has 2 aromatic rings. The zero-order chi connectivity index (χ0) is 45.3. The average Bonchev–Trinajstić information content (AvgIpc) is 3.25. The first kappa shape index (κ1) is 54.3. The third-order valence-corrected chi connectivity index (χ3v) is 12.1. The van der Waals surface area contributed by atoms with Gasteiger partial charge in [-0.2, -0.15) is 0 Å². The van der Waals surface area contributed by atoms with Gasteiger partial charge in [0.1, 0.15) is 11.7 Å². The molecule has 5 heteroatoms. The monoisotopic (exact) mass is 823 g/mol. The number of hydrogen-bond donors (Lipinski definition) is 3. The molecule has 2 heterocycles. The number of amidine groups is 1. The maximum absolute atomic E-state index is 9.28. The van der Waals surface area contributed by atoms with Gasteiger partial charge in [-0.3, -0.25) is 0 Å². The highest BCUT2D eigenvalue weighted by Gasteiger charge is 2.58. The Bertz CT molecular complexity index is 1560. The zero-order valence-corrected chi connectivity index (χ0v) is 40.5. The predicted molar refractivity (Wildman–Crippen MR) is 268 cm³/mol. The van der Waals surface area contributed by atoms with Gasteiger partial charge in [0.25, 0.3) is 0 Å². The van der Waals surface area contributed by atoms with Crippen molar-refractivity contribution < 1.29 is 5.11 Å². The lowest BCUT2D eigenvalue weighted by molar-refractivity contribution is -0.157. The van der Waals surface area contributed by atoms with Gasteiger partial charge in [0.05, 0.1) is 5.70 Å². The highest BCUT2D eigenvalue weighted by Crippen LogP contribution is 2.67. The minimum Gasteiger partial charge on any atom is -0.396 e. The van der Waals surface area contributed by atoms with Crippen LogP contribution in [0.5, 0.6) is 0 Å². The molecule has 7 rings (SSSR count). The molecule has 1 saturated heterocycles. The molecule has 2 aromatic carbocycles. The van der Waals surface area contributed by atoms with Gasteiger partial charge >= 0.3 is 0 Å². The second-order valence-electron chi connectivity index (χ2n) is 18.1. The number of nitrogens with two attached hydrogens (primary N) is 1. The molecule has 2 aliphatic heterocycles. The fraction of sp³-hybridized carbons (Fsp3) is 0.582. The van der Waals surface area contributed by atoms with Crippen molar-refractivity contribution in [2.75, 3.05) is 26.2 Å².